The predicted octanol–water partition coefficient (Wildman–Crippen LogP) is 2.99. The molecule has 1 aromatic carbocycles. The molecule has 1 aromatic heterocycles. The quantitative estimate of drug-likeness (QED) is 0.823. The summed E-state index contributed by atoms with van der Waals surface area (Å²) in [5.41, 5.74) is 1.06. The van der Waals surface area contributed by atoms with Gasteiger partial charge in [0.15, 0.2) is 0 Å². The van der Waals surface area contributed by atoms with Crippen molar-refractivity contribution in [3.8, 4) is 0 Å². The number of hydrogen-bond acceptors (Lipinski definition) is 3. The van der Waals surface area contributed by atoms with Gasteiger partial charge in [0.25, 0.3) is 11.8 Å². The van der Waals surface area contributed by atoms with Crippen LogP contribution in [0.3, 0.4) is 0 Å². The summed E-state index contributed by atoms with van der Waals surface area (Å²) in [4.78, 5) is 32.3. The smallest absolute Gasteiger partial charge is 0.254 e. The average molecular weight is 364 g/mol. The summed E-state index contributed by atoms with van der Waals surface area (Å²) in [6, 6.07) is 8.17. The molecule has 3 rings (SSSR count). The maximum atomic E-state index is 12.5. The zero-order valence-corrected chi connectivity index (χ0v) is 14.3. The standard InChI is InChI=1S/C17H15Cl2N3O2/c18-14-9-13(10-15(19)11-14)17(24)22-7-5-21(6-8-22)16(23)12-1-3-20-4-2-12/h1-4,9-11H,5-8H2. The summed E-state index contributed by atoms with van der Waals surface area (Å²) in [6.45, 7) is 1.92. The first-order valence-corrected chi connectivity index (χ1v) is 8.25. The van der Waals surface area contributed by atoms with Crippen molar-refractivity contribution in [1.29, 1.82) is 0 Å². The van der Waals surface area contributed by atoms with Crippen molar-refractivity contribution in [2.75, 3.05) is 26.2 Å². The Morgan fingerprint density at radius 1 is 0.792 bits per heavy atom. The molecule has 7 heteroatoms. The van der Waals surface area contributed by atoms with Crippen LogP contribution >= 0.6 is 23.2 Å². The summed E-state index contributed by atoms with van der Waals surface area (Å²) in [5, 5.41) is 0.856. The van der Waals surface area contributed by atoms with E-state index < -0.39 is 0 Å². The van der Waals surface area contributed by atoms with E-state index >= 15 is 0 Å². The summed E-state index contributed by atoms with van der Waals surface area (Å²) in [6.07, 6.45) is 3.19. The van der Waals surface area contributed by atoms with Gasteiger partial charge in [-0.3, -0.25) is 14.6 Å². The van der Waals surface area contributed by atoms with Crippen molar-refractivity contribution in [3.05, 3.63) is 63.9 Å². The van der Waals surface area contributed by atoms with Gasteiger partial charge in [-0.1, -0.05) is 23.2 Å². The zero-order chi connectivity index (χ0) is 17.1. The topological polar surface area (TPSA) is 53.5 Å². The lowest BCUT2D eigenvalue weighted by Gasteiger charge is -2.34. The van der Waals surface area contributed by atoms with E-state index in [9.17, 15) is 9.59 Å². The monoisotopic (exact) mass is 363 g/mol. The van der Waals surface area contributed by atoms with E-state index in [4.69, 9.17) is 23.2 Å². The van der Waals surface area contributed by atoms with Gasteiger partial charge in [-0.15, -0.1) is 0 Å². The number of amides is 2. The van der Waals surface area contributed by atoms with Crippen LogP contribution in [0.2, 0.25) is 10.0 Å². The van der Waals surface area contributed by atoms with Gasteiger partial charge in [0, 0.05) is 59.7 Å². The number of aromatic nitrogens is 1. The Bertz CT molecular complexity index is 739. The molecule has 0 unspecified atom stereocenters. The number of carbonyl (C=O) groups excluding carboxylic acids is 2. The van der Waals surface area contributed by atoms with Crippen molar-refractivity contribution >= 4 is 35.0 Å². The molecule has 124 valence electrons. The SMILES string of the molecule is O=C(c1ccncc1)N1CCN(C(=O)c2cc(Cl)cc(Cl)c2)CC1. The van der Waals surface area contributed by atoms with Crippen molar-refractivity contribution in [2.45, 2.75) is 0 Å². The van der Waals surface area contributed by atoms with Crippen LogP contribution in [-0.4, -0.2) is 52.8 Å². The van der Waals surface area contributed by atoms with Crippen molar-refractivity contribution in [1.82, 2.24) is 14.8 Å². The largest absolute Gasteiger partial charge is 0.335 e. The minimum absolute atomic E-state index is 0.0460. The van der Waals surface area contributed by atoms with Gasteiger partial charge < -0.3 is 9.80 Å². The molecular weight excluding hydrogens is 349 g/mol. The third-order valence-electron chi connectivity index (χ3n) is 3.89. The van der Waals surface area contributed by atoms with Gasteiger partial charge in [-0.2, -0.15) is 0 Å². The summed E-state index contributed by atoms with van der Waals surface area (Å²) in [7, 11) is 0. The average Bonchev–Trinajstić information content (AvgIpc) is 2.60. The molecule has 0 bridgehead atoms. The van der Waals surface area contributed by atoms with Crippen LogP contribution in [0.4, 0.5) is 0 Å². The first kappa shape index (κ1) is 16.7. The number of rotatable bonds is 2. The fourth-order valence-electron chi connectivity index (χ4n) is 2.65. The van der Waals surface area contributed by atoms with E-state index in [1.54, 1.807) is 52.5 Å². The van der Waals surface area contributed by atoms with Gasteiger partial charge in [0.2, 0.25) is 0 Å². The van der Waals surface area contributed by atoms with E-state index in [1.165, 1.54) is 0 Å². The number of pyridine rings is 1. The predicted molar refractivity (Wildman–Crippen MR) is 92.5 cm³/mol. The Morgan fingerprint density at radius 2 is 1.25 bits per heavy atom. The molecule has 0 N–H and O–H groups in total. The molecule has 0 atom stereocenters. The molecule has 0 aliphatic carbocycles. The maximum absolute atomic E-state index is 12.5. The summed E-state index contributed by atoms with van der Waals surface area (Å²) in [5.74, 6) is -0.175. The van der Waals surface area contributed by atoms with Gasteiger partial charge >= 0.3 is 0 Å². The number of piperazine rings is 1. The lowest BCUT2D eigenvalue weighted by atomic mass is 10.1. The van der Waals surface area contributed by atoms with Crippen molar-refractivity contribution in [2.24, 2.45) is 0 Å². The molecule has 1 aliphatic heterocycles. The minimum atomic E-state index is -0.129. The van der Waals surface area contributed by atoms with Crippen molar-refractivity contribution < 1.29 is 9.59 Å². The molecular formula is C17H15Cl2N3O2. The third kappa shape index (κ3) is 3.68. The van der Waals surface area contributed by atoms with Crippen molar-refractivity contribution in [3.63, 3.8) is 0 Å². The second-order valence-electron chi connectivity index (χ2n) is 5.48. The Hall–Kier alpha value is -2.11. The van der Waals surface area contributed by atoms with Gasteiger partial charge in [-0.05, 0) is 30.3 Å². The van der Waals surface area contributed by atoms with Crippen LogP contribution in [0.25, 0.3) is 0 Å². The first-order valence-electron chi connectivity index (χ1n) is 7.49. The molecule has 2 aromatic rings. The highest BCUT2D eigenvalue weighted by Crippen LogP contribution is 2.21. The van der Waals surface area contributed by atoms with Crippen LogP contribution in [0, 0.1) is 0 Å². The number of nitrogens with zero attached hydrogens (tertiary/aromatic N) is 3. The molecule has 0 saturated carbocycles. The molecule has 0 radical (unpaired) electrons. The molecule has 1 fully saturated rings. The fourth-order valence-corrected chi connectivity index (χ4v) is 3.18. The maximum Gasteiger partial charge on any atom is 0.254 e. The Morgan fingerprint density at radius 3 is 1.75 bits per heavy atom. The molecule has 24 heavy (non-hydrogen) atoms. The molecule has 1 saturated heterocycles. The van der Waals surface area contributed by atoms with Gasteiger partial charge in [-0.25, -0.2) is 0 Å². The molecule has 5 nitrogen and oxygen atoms in total. The number of hydrogen-bond donors (Lipinski definition) is 0. The Labute approximate surface area is 149 Å². The highest BCUT2D eigenvalue weighted by Gasteiger charge is 2.25. The minimum Gasteiger partial charge on any atom is -0.335 e. The lowest BCUT2D eigenvalue weighted by molar-refractivity contribution is 0.0535. The number of carbonyl (C=O) groups is 2. The third-order valence-corrected chi connectivity index (χ3v) is 4.33. The fraction of sp³-hybridized carbons (Fsp3) is 0.235. The summed E-state index contributed by atoms with van der Waals surface area (Å²) >= 11 is 11.9. The van der Waals surface area contributed by atoms with E-state index in [2.05, 4.69) is 4.98 Å². The van der Waals surface area contributed by atoms with E-state index in [-0.39, 0.29) is 11.8 Å². The molecule has 2 heterocycles. The van der Waals surface area contributed by atoms with Crippen LogP contribution in [0.5, 0.6) is 0 Å². The van der Waals surface area contributed by atoms with Gasteiger partial charge in [0.05, 0.1) is 0 Å². The van der Waals surface area contributed by atoms with Gasteiger partial charge in [0.1, 0.15) is 0 Å². The van der Waals surface area contributed by atoms with Crippen LogP contribution < -0.4 is 0 Å². The lowest BCUT2D eigenvalue weighted by Crippen LogP contribution is -2.50. The first-order chi connectivity index (χ1) is 11.5. The van der Waals surface area contributed by atoms with E-state index in [1.807, 2.05) is 0 Å². The Kier molecular flexibility index (Phi) is 5.02. The number of benzene rings is 1. The highest BCUT2D eigenvalue weighted by molar-refractivity contribution is 6.35. The second kappa shape index (κ2) is 7.20. The highest BCUT2D eigenvalue weighted by atomic mass is 35.5. The van der Waals surface area contributed by atoms with Crippen LogP contribution in [-0.2, 0) is 0 Å². The van der Waals surface area contributed by atoms with E-state index in [0.29, 0.717) is 47.4 Å². The second-order valence-corrected chi connectivity index (χ2v) is 6.35. The summed E-state index contributed by atoms with van der Waals surface area (Å²) < 4.78 is 0. The molecule has 2 amide bonds. The Balaban J connectivity index is 1.64. The molecule has 1 aliphatic rings. The van der Waals surface area contributed by atoms with Crippen LogP contribution in [0.1, 0.15) is 20.7 Å². The normalized spacial score (nSPS) is 14.6. The number of halogens is 2. The zero-order valence-electron chi connectivity index (χ0n) is 12.8. The molecule has 0 spiro atoms. The van der Waals surface area contributed by atoms with E-state index in [0.717, 1.165) is 0 Å². The van der Waals surface area contributed by atoms with Crippen LogP contribution in [0.15, 0.2) is 42.7 Å².